The summed E-state index contributed by atoms with van der Waals surface area (Å²) in [6.45, 7) is 3.21. The third-order valence-corrected chi connectivity index (χ3v) is 7.33. The molecule has 146 valence electrons. The lowest BCUT2D eigenvalue weighted by molar-refractivity contribution is 0.0912. The minimum Gasteiger partial charge on any atom is -0.348 e. The van der Waals surface area contributed by atoms with Crippen LogP contribution in [-0.4, -0.2) is 28.0 Å². The first-order valence-corrected chi connectivity index (χ1v) is 11.0. The summed E-state index contributed by atoms with van der Waals surface area (Å²) in [5, 5.41) is 3.81. The molecule has 6 nitrogen and oxygen atoms in total. The molecule has 2 unspecified atom stereocenters. The second kappa shape index (κ2) is 7.72. The van der Waals surface area contributed by atoms with Crippen LogP contribution in [0.25, 0.3) is 10.2 Å². The minimum absolute atomic E-state index is 0.0159. The van der Waals surface area contributed by atoms with Crippen molar-refractivity contribution in [2.24, 2.45) is 11.7 Å². The monoisotopic (exact) mass is 388 g/mol. The Kier molecular flexibility index (Phi) is 5.32. The van der Waals surface area contributed by atoms with Gasteiger partial charge in [-0.15, -0.1) is 11.3 Å². The summed E-state index contributed by atoms with van der Waals surface area (Å²) in [6.07, 6.45) is 8.41. The first-order chi connectivity index (χ1) is 13.1. The van der Waals surface area contributed by atoms with Crippen molar-refractivity contribution in [2.45, 2.75) is 70.9 Å². The third-order valence-electron chi connectivity index (χ3n) is 6.15. The van der Waals surface area contributed by atoms with Crippen LogP contribution in [0.2, 0.25) is 0 Å². The summed E-state index contributed by atoms with van der Waals surface area (Å²) in [4.78, 5) is 32.1. The molecule has 1 aliphatic heterocycles. The molecule has 2 aromatic rings. The van der Waals surface area contributed by atoms with Gasteiger partial charge in [-0.2, -0.15) is 0 Å². The van der Waals surface area contributed by atoms with Crippen LogP contribution in [0.1, 0.15) is 66.0 Å². The Bertz CT molecular complexity index is 917. The first kappa shape index (κ1) is 18.6. The molecule has 0 radical (unpaired) electrons. The van der Waals surface area contributed by atoms with Crippen molar-refractivity contribution < 1.29 is 4.79 Å². The van der Waals surface area contributed by atoms with Gasteiger partial charge in [-0.3, -0.25) is 14.2 Å². The van der Waals surface area contributed by atoms with Crippen LogP contribution in [0.3, 0.4) is 0 Å². The number of aromatic nitrogens is 2. The molecule has 0 saturated heterocycles. The number of nitrogens with zero attached hydrogens (tertiary/aromatic N) is 2. The van der Waals surface area contributed by atoms with Crippen LogP contribution < -0.4 is 16.6 Å². The van der Waals surface area contributed by atoms with Crippen molar-refractivity contribution in [1.82, 2.24) is 14.9 Å². The quantitative estimate of drug-likeness (QED) is 0.846. The van der Waals surface area contributed by atoms with Crippen molar-refractivity contribution >= 4 is 27.5 Å². The van der Waals surface area contributed by atoms with Crippen molar-refractivity contribution in [1.29, 1.82) is 0 Å². The van der Waals surface area contributed by atoms with Gasteiger partial charge in [0.05, 0.1) is 10.3 Å². The Morgan fingerprint density at radius 3 is 2.89 bits per heavy atom. The third kappa shape index (κ3) is 3.43. The van der Waals surface area contributed by atoms with Crippen LogP contribution in [0, 0.1) is 12.8 Å². The number of aryl methyl sites for hydroxylation is 2. The molecule has 0 aromatic carbocycles. The second-order valence-corrected chi connectivity index (χ2v) is 8.89. The topological polar surface area (TPSA) is 90.0 Å². The van der Waals surface area contributed by atoms with Gasteiger partial charge in [0.1, 0.15) is 10.7 Å². The van der Waals surface area contributed by atoms with E-state index in [4.69, 9.17) is 10.7 Å². The van der Waals surface area contributed by atoms with Gasteiger partial charge in [0, 0.05) is 19.0 Å². The summed E-state index contributed by atoms with van der Waals surface area (Å²) < 4.78 is 1.82. The van der Waals surface area contributed by atoms with Crippen LogP contribution in [0.4, 0.5) is 0 Å². The summed E-state index contributed by atoms with van der Waals surface area (Å²) in [7, 11) is 0. The van der Waals surface area contributed by atoms with Gasteiger partial charge in [-0.25, -0.2) is 4.98 Å². The zero-order valence-electron chi connectivity index (χ0n) is 15.9. The maximum Gasteiger partial charge on any atom is 0.262 e. The van der Waals surface area contributed by atoms with Gasteiger partial charge in [0.15, 0.2) is 0 Å². The molecule has 7 heteroatoms. The molecule has 2 aromatic heterocycles. The highest BCUT2D eigenvalue weighted by Crippen LogP contribution is 2.30. The maximum absolute atomic E-state index is 13.1. The van der Waals surface area contributed by atoms with E-state index in [1.807, 2.05) is 11.5 Å². The van der Waals surface area contributed by atoms with E-state index in [1.165, 1.54) is 17.8 Å². The van der Waals surface area contributed by atoms with Crippen LogP contribution in [0.5, 0.6) is 0 Å². The molecule has 2 atom stereocenters. The van der Waals surface area contributed by atoms with Gasteiger partial charge in [-0.05, 0) is 50.6 Å². The number of carbonyl (C=O) groups excluding carboxylic acids is 1. The molecule has 4 rings (SSSR count). The number of nitrogens with one attached hydrogen (secondary N) is 1. The average molecular weight is 389 g/mol. The number of nitrogens with two attached hydrogens (primary N) is 1. The minimum atomic E-state index is -0.0829. The van der Waals surface area contributed by atoms with Gasteiger partial charge in [0.2, 0.25) is 0 Å². The smallest absolute Gasteiger partial charge is 0.262 e. The lowest BCUT2D eigenvalue weighted by Crippen LogP contribution is -2.44. The Balaban J connectivity index is 1.68. The lowest BCUT2D eigenvalue weighted by atomic mass is 9.84. The highest BCUT2D eigenvalue weighted by molar-refractivity contribution is 7.20. The molecule has 1 fully saturated rings. The Hall–Kier alpha value is -1.73. The van der Waals surface area contributed by atoms with E-state index >= 15 is 0 Å². The molecule has 3 N–H and O–H groups in total. The predicted octanol–water partition coefficient (Wildman–Crippen LogP) is 2.74. The van der Waals surface area contributed by atoms with Gasteiger partial charge < -0.3 is 11.1 Å². The van der Waals surface area contributed by atoms with E-state index in [0.29, 0.717) is 27.6 Å². The Labute approximate surface area is 163 Å². The largest absolute Gasteiger partial charge is 0.348 e. The Morgan fingerprint density at radius 2 is 2.07 bits per heavy atom. The number of rotatable bonds is 3. The van der Waals surface area contributed by atoms with Crippen molar-refractivity contribution in [3.63, 3.8) is 0 Å². The van der Waals surface area contributed by atoms with Crippen LogP contribution >= 0.6 is 11.3 Å². The summed E-state index contributed by atoms with van der Waals surface area (Å²) >= 11 is 1.36. The standard InChI is InChI=1S/C20H28N4O2S/c1-12-16-19(23-15-9-3-2-6-10-24(15)20(16)26)27-17(12)18(25)22-14-8-5-4-7-13(14)11-21/h13-14H,2-11,21H2,1H3,(H,22,25). The van der Waals surface area contributed by atoms with E-state index < -0.39 is 0 Å². The average Bonchev–Trinajstić information content (AvgIpc) is 2.84. The number of carbonyl (C=O) groups is 1. The van der Waals surface area contributed by atoms with Crippen molar-refractivity contribution in [2.75, 3.05) is 6.54 Å². The molecule has 1 amide bonds. The van der Waals surface area contributed by atoms with Crippen molar-refractivity contribution in [3.8, 4) is 0 Å². The molecular weight excluding hydrogens is 360 g/mol. The fraction of sp³-hybridized carbons (Fsp3) is 0.650. The highest BCUT2D eigenvalue weighted by atomic mass is 32.1. The van der Waals surface area contributed by atoms with E-state index in [0.717, 1.165) is 62.9 Å². The predicted molar refractivity (Wildman–Crippen MR) is 108 cm³/mol. The molecule has 2 aliphatic rings. The summed E-state index contributed by atoms with van der Waals surface area (Å²) in [6, 6.07) is 0.131. The van der Waals surface area contributed by atoms with Gasteiger partial charge in [0.25, 0.3) is 11.5 Å². The highest BCUT2D eigenvalue weighted by Gasteiger charge is 2.28. The van der Waals surface area contributed by atoms with E-state index in [2.05, 4.69) is 5.32 Å². The first-order valence-electron chi connectivity index (χ1n) is 10.1. The number of amides is 1. The second-order valence-electron chi connectivity index (χ2n) is 7.89. The molecule has 0 spiro atoms. The fourth-order valence-electron chi connectivity index (χ4n) is 4.54. The lowest BCUT2D eigenvalue weighted by Gasteiger charge is -2.31. The van der Waals surface area contributed by atoms with Crippen LogP contribution in [-0.2, 0) is 13.0 Å². The number of fused-ring (bicyclic) bond motifs is 2. The number of hydrogen-bond donors (Lipinski definition) is 2. The number of hydrogen-bond acceptors (Lipinski definition) is 5. The molecule has 3 heterocycles. The zero-order valence-corrected chi connectivity index (χ0v) is 16.7. The molecular formula is C20H28N4O2S. The summed E-state index contributed by atoms with van der Waals surface area (Å²) in [5.74, 6) is 1.13. The SMILES string of the molecule is Cc1c(C(=O)NC2CCCCC2CN)sc2nc3n(c(=O)c12)CCCCC3. The molecule has 1 aliphatic carbocycles. The van der Waals surface area contributed by atoms with E-state index in [1.54, 1.807) is 0 Å². The normalized spacial score (nSPS) is 23.0. The fourth-order valence-corrected chi connectivity index (χ4v) is 5.63. The van der Waals surface area contributed by atoms with Crippen molar-refractivity contribution in [3.05, 3.63) is 26.6 Å². The van der Waals surface area contributed by atoms with Gasteiger partial charge in [-0.1, -0.05) is 19.3 Å². The van der Waals surface area contributed by atoms with E-state index in [-0.39, 0.29) is 17.5 Å². The van der Waals surface area contributed by atoms with E-state index in [9.17, 15) is 9.59 Å². The van der Waals surface area contributed by atoms with Crippen LogP contribution in [0.15, 0.2) is 4.79 Å². The molecule has 27 heavy (non-hydrogen) atoms. The van der Waals surface area contributed by atoms with Gasteiger partial charge >= 0.3 is 0 Å². The molecule has 0 bridgehead atoms. The zero-order chi connectivity index (χ0) is 19.0. The maximum atomic E-state index is 13.1. The molecule has 1 saturated carbocycles. The summed E-state index contributed by atoms with van der Waals surface area (Å²) in [5.41, 5.74) is 6.68. The number of thiophene rings is 1. The Morgan fingerprint density at radius 1 is 1.26 bits per heavy atom.